The molecule has 1 amide bonds. The van der Waals surface area contributed by atoms with Crippen LogP contribution >= 0.6 is 11.3 Å². The summed E-state index contributed by atoms with van der Waals surface area (Å²) >= 11 is 1.56. The molecule has 0 aliphatic carbocycles. The number of unbranched alkanes of at least 4 members (excludes halogenated alkanes) is 9. The number of nitrogens with one attached hydrogen (secondary N) is 1. The summed E-state index contributed by atoms with van der Waals surface area (Å²) in [5, 5.41) is 7.07. The molecule has 216 valence electrons. The number of hydrogen-bond acceptors (Lipinski definition) is 6. The predicted octanol–water partition coefficient (Wildman–Crippen LogP) is 7.45. The SMILES string of the molecule is CC(C)(C)[Si](C)(C)OCCOCCOCCOCCCCCCCCCCCCNC(=O)c1ccsc1. The molecule has 37 heavy (non-hydrogen) atoms. The number of amides is 1. The van der Waals surface area contributed by atoms with Crippen LogP contribution in [0.3, 0.4) is 0 Å². The standard InChI is InChI=1S/C29H55NO5SSi/c1-29(2,3)37(4,5)35-24-23-34-22-21-33-20-19-32-18-15-13-11-9-7-6-8-10-12-14-17-30-28(31)27-16-25-36-26-27/h16,25-26H,6-15,17-24H2,1-5H3,(H,30,31). The number of carbonyl (C=O) groups excluding carboxylic acids is 1. The predicted molar refractivity (Wildman–Crippen MR) is 158 cm³/mol. The Labute approximate surface area is 232 Å². The monoisotopic (exact) mass is 557 g/mol. The fraction of sp³-hybridized carbons (Fsp3) is 0.828. The van der Waals surface area contributed by atoms with E-state index in [4.69, 9.17) is 18.6 Å². The second-order valence-electron chi connectivity index (χ2n) is 11.2. The molecular weight excluding hydrogens is 502 g/mol. The topological polar surface area (TPSA) is 66.0 Å². The molecule has 0 unspecified atom stereocenters. The number of hydrogen-bond donors (Lipinski definition) is 1. The molecule has 0 radical (unpaired) electrons. The van der Waals surface area contributed by atoms with E-state index in [-0.39, 0.29) is 10.9 Å². The van der Waals surface area contributed by atoms with E-state index in [9.17, 15) is 4.79 Å². The van der Waals surface area contributed by atoms with Gasteiger partial charge in [-0.25, -0.2) is 0 Å². The minimum Gasteiger partial charge on any atom is -0.414 e. The first-order valence-corrected chi connectivity index (χ1v) is 18.3. The highest BCUT2D eigenvalue weighted by molar-refractivity contribution is 7.08. The van der Waals surface area contributed by atoms with Gasteiger partial charge >= 0.3 is 0 Å². The van der Waals surface area contributed by atoms with E-state index in [0.717, 1.165) is 31.6 Å². The van der Waals surface area contributed by atoms with Crippen molar-refractivity contribution in [1.82, 2.24) is 5.32 Å². The normalized spacial score (nSPS) is 12.2. The third-order valence-electron chi connectivity index (χ3n) is 7.03. The van der Waals surface area contributed by atoms with Gasteiger partial charge in [0, 0.05) is 24.1 Å². The van der Waals surface area contributed by atoms with Gasteiger partial charge in [-0.1, -0.05) is 72.1 Å². The highest BCUT2D eigenvalue weighted by Crippen LogP contribution is 2.36. The Morgan fingerprint density at radius 1 is 0.757 bits per heavy atom. The summed E-state index contributed by atoms with van der Waals surface area (Å²) in [5.41, 5.74) is 0.779. The third kappa shape index (κ3) is 18.2. The molecule has 1 rings (SSSR count). The van der Waals surface area contributed by atoms with Crippen LogP contribution < -0.4 is 5.32 Å². The minimum atomic E-state index is -1.67. The molecule has 0 saturated carbocycles. The summed E-state index contributed by atoms with van der Waals surface area (Å²) in [5.74, 6) is 0.0554. The first-order valence-electron chi connectivity index (χ1n) is 14.4. The Hall–Kier alpha value is -0.773. The molecule has 1 aromatic heterocycles. The van der Waals surface area contributed by atoms with Gasteiger partial charge in [-0.15, -0.1) is 0 Å². The first kappa shape index (κ1) is 34.3. The number of thiophene rings is 1. The minimum absolute atomic E-state index is 0.0554. The van der Waals surface area contributed by atoms with Crippen LogP contribution in [0.5, 0.6) is 0 Å². The zero-order valence-corrected chi connectivity index (χ0v) is 26.2. The molecule has 1 aromatic rings. The molecule has 0 atom stereocenters. The fourth-order valence-corrected chi connectivity index (χ4v) is 5.22. The van der Waals surface area contributed by atoms with Crippen LogP contribution in [0.4, 0.5) is 0 Å². The lowest BCUT2D eigenvalue weighted by Gasteiger charge is -2.36. The smallest absolute Gasteiger partial charge is 0.252 e. The van der Waals surface area contributed by atoms with Crippen molar-refractivity contribution in [3.63, 3.8) is 0 Å². The molecule has 0 bridgehead atoms. The summed E-state index contributed by atoms with van der Waals surface area (Å²) in [6, 6.07) is 1.87. The molecule has 6 nitrogen and oxygen atoms in total. The van der Waals surface area contributed by atoms with E-state index in [2.05, 4.69) is 39.2 Å². The van der Waals surface area contributed by atoms with Crippen molar-refractivity contribution in [2.45, 2.75) is 103 Å². The van der Waals surface area contributed by atoms with Crippen LogP contribution in [0.1, 0.15) is 95.3 Å². The van der Waals surface area contributed by atoms with Crippen molar-refractivity contribution in [3.8, 4) is 0 Å². The van der Waals surface area contributed by atoms with E-state index in [1.165, 1.54) is 51.4 Å². The summed E-state index contributed by atoms with van der Waals surface area (Å²) in [7, 11) is -1.67. The number of carbonyl (C=O) groups is 1. The van der Waals surface area contributed by atoms with E-state index in [0.29, 0.717) is 39.6 Å². The lowest BCUT2D eigenvalue weighted by atomic mass is 10.1. The van der Waals surface area contributed by atoms with Gasteiger partial charge in [0.25, 0.3) is 5.91 Å². The van der Waals surface area contributed by atoms with Crippen molar-refractivity contribution in [1.29, 1.82) is 0 Å². The largest absolute Gasteiger partial charge is 0.414 e. The van der Waals surface area contributed by atoms with Crippen LogP contribution in [-0.4, -0.2) is 67.0 Å². The lowest BCUT2D eigenvalue weighted by molar-refractivity contribution is 0.00800. The maximum atomic E-state index is 11.8. The summed E-state index contributed by atoms with van der Waals surface area (Å²) in [4.78, 5) is 11.8. The van der Waals surface area contributed by atoms with Gasteiger partial charge in [-0.2, -0.15) is 11.3 Å². The van der Waals surface area contributed by atoms with Crippen molar-refractivity contribution < 1.29 is 23.4 Å². The van der Waals surface area contributed by atoms with Crippen LogP contribution in [-0.2, 0) is 18.6 Å². The second-order valence-corrected chi connectivity index (χ2v) is 16.8. The number of rotatable bonds is 24. The van der Waals surface area contributed by atoms with Gasteiger partial charge in [0.1, 0.15) is 0 Å². The Bertz CT molecular complexity index is 664. The first-order chi connectivity index (χ1) is 17.7. The number of ether oxygens (including phenoxy) is 3. The molecule has 0 spiro atoms. The molecular formula is C29H55NO5SSi. The average molecular weight is 558 g/mol. The lowest BCUT2D eigenvalue weighted by Crippen LogP contribution is -2.41. The van der Waals surface area contributed by atoms with Gasteiger partial charge in [0.15, 0.2) is 8.32 Å². The fourth-order valence-electron chi connectivity index (χ4n) is 3.56. The Morgan fingerprint density at radius 2 is 1.24 bits per heavy atom. The van der Waals surface area contributed by atoms with Crippen molar-refractivity contribution >= 4 is 25.6 Å². The Balaban J connectivity index is 1.71. The van der Waals surface area contributed by atoms with Gasteiger partial charge in [0.05, 0.1) is 39.6 Å². The van der Waals surface area contributed by atoms with E-state index in [1.807, 2.05) is 16.8 Å². The molecule has 1 N–H and O–H groups in total. The summed E-state index contributed by atoms with van der Waals surface area (Å²) in [6.07, 6.45) is 12.5. The van der Waals surface area contributed by atoms with Gasteiger partial charge in [-0.3, -0.25) is 4.79 Å². The molecule has 0 aliphatic heterocycles. The highest BCUT2D eigenvalue weighted by Gasteiger charge is 2.36. The quantitative estimate of drug-likeness (QED) is 0.106. The zero-order chi connectivity index (χ0) is 27.2. The van der Waals surface area contributed by atoms with Crippen molar-refractivity contribution in [2.24, 2.45) is 0 Å². The molecule has 1 heterocycles. The van der Waals surface area contributed by atoms with Gasteiger partial charge < -0.3 is 24.0 Å². The average Bonchev–Trinajstić information content (AvgIpc) is 3.39. The van der Waals surface area contributed by atoms with E-state index < -0.39 is 8.32 Å². The van der Waals surface area contributed by atoms with Gasteiger partial charge in [0.2, 0.25) is 0 Å². The van der Waals surface area contributed by atoms with Crippen molar-refractivity contribution in [2.75, 3.05) is 52.8 Å². The van der Waals surface area contributed by atoms with Crippen LogP contribution in [0, 0.1) is 0 Å². The van der Waals surface area contributed by atoms with Crippen LogP contribution in [0.2, 0.25) is 18.1 Å². The van der Waals surface area contributed by atoms with E-state index >= 15 is 0 Å². The maximum absolute atomic E-state index is 11.8. The zero-order valence-electron chi connectivity index (χ0n) is 24.4. The van der Waals surface area contributed by atoms with Crippen molar-refractivity contribution in [3.05, 3.63) is 22.4 Å². The molecule has 0 fully saturated rings. The molecule has 8 heteroatoms. The molecule has 0 aliphatic rings. The summed E-state index contributed by atoms with van der Waals surface area (Å²) < 4.78 is 22.9. The van der Waals surface area contributed by atoms with Crippen LogP contribution in [0.15, 0.2) is 16.8 Å². The van der Waals surface area contributed by atoms with Crippen LogP contribution in [0.25, 0.3) is 0 Å². The summed E-state index contributed by atoms with van der Waals surface area (Å²) in [6.45, 7) is 16.7. The molecule has 0 saturated heterocycles. The Morgan fingerprint density at radius 3 is 1.76 bits per heavy atom. The van der Waals surface area contributed by atoms with Gasteiger partial charge in [-0.05, 0) is 42.4 Å². The Kier molecular flexibility index (Phi) is 19.5. The second kappa shape index (κ2) is 21.1. The van der Waals surface area contributed by atoms with E-state index in [1.54, 1.807) is 11.3 Å². The molecule has 0 aromatic carbocycles. The maximum Gasteiger partial charge on any atom is 0.252 e. The highest BCUT2D eigenvalue weighted by atomic mass is 32.1. The third-order valence-corrected chi connectivity index (χ3v) is 12.2.